The molecule has 25 heavy (non-hydrogen) atoms. The fraction of sp³-hybridized carbons (Fsp3) is 0.316. The van der Waals surface area contributed by atoms with Crippen molar-refractivity contribution in [3.63, 3.8) is 0 Å². The van der Waals surface area contributed by atoms with E-state index < -0.39 is 0 Å². The molecule has 1 atom stereocenters. The average molecular weight is 360 g/mol. The lowest BCUT2D eigenvalue weighted by molar-refractivity contribution is 0.270. The largest absolute Gasteiger partial charge is 0.494 e. The number of para-hydroxylation sites is 2. The molecule has 2 rings (SSSR count). The van der Waals surface area contributed by atoms with Gasteiger partial charge < -0.3 is 24.8 Å². The quantitative estimate of drug-likeness (QED) is 0.698. The van der Waals surface area contributed by atoms with Crippen LogP contribution in [-0.4, -0.2) is 31.5 Å². The molecule has 0 fully saturated rings. The second-order valence-corrected chi connectivity index (χ2v) is 5.83. The summed E-state index contributed by atoms with van der Waals surface area (Å²) in [6.07, 6.45) is 0. The predicted octanol–water partition coefficient (Wildman–Crippen LogP) is 3.85. The summed E-state index contributed by atoms with van der Waals surface area (Å²) in [5.74, 6) is 2.23. The zero-order chi connectivity index (χ0) is 18.1. The third-order valence-electron chi connectivity index (χ3n) is 3.34. The maximum atomic E-state index is 5.80. The summed E-state index contributed by atoms with van der Waals surface area (Å²) in [5.41, 5.74) is 0.876. The second kappa shape index (κ2) is 9.74. The molecule has 0 radical (unpaired) electrons. The molecule has 5 nitrogen and oxygen atoms in total. The van der Waals surface area contributed by atoms with E-state index >= 15 is 0 Å². The number of nitrogens with one attached hydrogen (secondary N) is 2. The number of anilines is 1. The first-order chi connectivity index (χ1) is 12.1. The first-order valence-corrected chi connectivity index (χ1v) is 8.59. The highest BCUT2D eigenvalue weighted by atomic mass is 32.1. The van der Waals surface area contributed by atoms with Crippen molar-refractivity contribution in [1.29, 1.82) is 0 Å². The number of rotatable bonds is 8. The Balaban J connectivity index is 1.82. The van der Waals surface area contributed by atoms with Crippen molar-refractivity contribution in [1.82, 2.24) is 5.32 Å². The summed E-state index contributed by atoms with van der Waals surface area (Å²) in [7, 11) is 1.62. The first kappa shape index (κ1) is 18.9. The Morgan fingerprint density at radius 2 is 1.84 bits per heavy atom. The smallest absolute Gasteiger partial charge is 0.171 e. The zero-order valence-electron chi connectivity index (χ0n) is 14.7. The van der Waals surface area contributed by atoms with Crippen LogP contribution in [0.5, 0.6) is 17.2 Å². The van der Waals surface area contributed by atoms with E-state index in [-0.39, 0.29) is 6.04 Å². The molecule has 0 heterocycles. The van der Waals surface area contributed by atoms with Gasteiger partial charge in [0.1, 0.15) is 12.4 Å². The summed E-state index contributed by atoms with van der Waals surface area (Å²) in [6, 6.07) is 15.3. The van der Waals surface area contributed by atoms with Crippen molar-refractivity contribution in [2.75, 3.05) is 25.6 Å². The molecule has 2 aromatic carbocycles. The van der Waals surface area contributed by atoms with E-state index in [1.54, 1.807) is 7.11 Å². The van der Waals surface area contributed by atoms with Crippen LogP contribution in [-0.2, 0) is 0 Å². The number of ether oxygens (including phenoxy) is 3. The molecule has 0 unspecified atom stereocenters. The van der Waals surface area contributed by atoms with Crippen LogP contribution in [0.3, 0.4) is 0 Å². The third-order valence-corrected chi connectivity index (χ3v) is 3.56. The van der Waals surface area contributed by atoms with Crippen molar-refractivity contribution < 1.29 is 14.2 Å². The SMILES string of the molecule is CCOc1cccc(NC(=S)N[C@@H](C)COc2ccccc2OC)c1. The van der Waals surface area contributed by atoms with E-state index in [9.17, 15) is 0 Å². The predicted molar refractivity (Wildman–Crippen MR) is 105 cm³/mol. The normalized spacial score (nSPS) is 11.3. The van der Waals surface area contributed by atoms with Crippen LogP contribution in [0.15, 0.2) is 48.5 Å². The van der Waals surface area contributed by atoms with Crippen LogP contribution < -0.4 is 24.8 Å². The Morgan fingerprint density at radius 3 is 2.56 bits per heavy atom. The third kappa shape index (κ3) is 6.15. The molecule has 0 aliphatic carbocycles. The Labute approximate surface area is 154 Å². The molecule has 2 N–H and O–H groups in total. The summed E-state index contributed by atoms with van der Waals surface area (Å²) >= 11 is 5.36. The fourth-order valence-electron chi connectivity index (χ4n) is 2.22. The molecule has 134 valence electrons. The number of benzene rings is 2. The van der Waals surface area contributed by atoms with Gasteiger partial charge in [-0.15, -0.1) is 0 Å². The molecular formula is C19H24N2O3S. The van der Waals surface area contributed by atoms with Gasteiger partial charge in [0.15, 0.2) is 16.6 Å². The van der Waals surface area contributed by atoms with E-state index in [4.69, 9.17) is 26.4 Å². The zero-order valence-corrected chi connectivity index (χ0v) is 15.6. The summed E-state index contributed by atoms with van der Waals surface area (Å²) in [4.78, 5) is 0. The molecule has 0 amide bonds. The summed E-state index contributed by atoms with van der Waals surface area (Å²) in [6.45, 7) is 5.04. The van der Waals surface area contributed by atoms with Crippen molar-refractivity contribution in [3.8, 4) is 17.2 Å². The topological polar surface area (TPSA) is 51.8 Å². The van der Waals surface area contributed by atoms with Gasteiger partial charge in [0.05, 0.1) is 19.8 Å². The number of hydrogen-bond acceptors (Lipinski definition) is 4. The maximum absolute atomic E-state index is 5.80. The van der Waals surface area contributed by atoms with Gasteiger partial charge in [-0.2, -0.15) is 0 Å². The lowest BCUT2D eigenvalue weighted by Crippen LogP contribution is -2.39. The van der Waals surface area contributed by atoms with E-state index in [0.717, 1.165) is 11.4 Å². The molecule has 0 bridgehead atoms. The van der Waals surface area contributed by atoms with Crippen molar-refractivity contribution in [2.24, 2.45) is 0 Å². The van der Waals surface area contributed by atoms with Gasteiger partial charge in [-0.25, -0.2) is 0 Å². The number of methoxy groups -OCH3 is 1. The van der Waals surface area contributed by atoms with Crippen LogP contribution in [0.4, 0.5) is 5.69 Å². The molecule has 0 spiro atoms. The van der Waals surface area contributed by atoms with Crippen LogP contribution >= 0.6 is 12.2 Å². The molecule has 0 aliphatic rings. The van der Waals surface area contributed by atoms with Crippen molar-refractivity contribution >= 4 is 23.0 Å². The average Bonchev–Trinajstić information content (AvgIpc) is 2.60. The van der Waals surface area contributed by atoms with Crippen molar-refractivity contribution in [3.05, 3.63) is 48.5 Å². The van der Waals surface area contributed by atoms with E-state index in [2.05, 4.69) is 10.6 Å². The molecule has 0 aliphatic heterocycles. The van der Waals surface area contributed by atoms with Gasteiger partial charge in [0.2, 0.25) is 0 Å². The number of thiocarbonyl (C=S) groups is 1. The second-order valence-electron chi connectivity index (χ2n) is 5.42. The Hall–Kier alpha value is -2.47. The maximum Gasteiger partial charge on any atom is 0.171 e. The Kier molecular flexibility index (Phi) is 7.35. The number of hydrogen-bond donors (Lipinski definition) is 2. The van der Waals surface area contributed by atoms with Gasteiger partial charge in [-0.05, 0) is 50.3 Å². The first-order valence-electron chi connectivity index (χ1n) is 8.18. The highest BCUT2D eigenvalue weighted by molar-refractivity contribution is 7.80. The summed E-state index contributed by atoms with van der Waals surface area (Å²) < 4.78 is 16.6. The molecule has 0 saturated heterocycles. The molecular weight excluding hydrogens is 336 g/mol. The Bertz CT molecular complexity index is 694. The van der Waals surface area contributed by atoms with Gasteiger partial charge >= 0.3 is 0 Å². The van der Waals surface area contributed by atoms with Gasteiger partial charge in [0, 0.05) is 11.8 Å². The monoisotopic (exact) mass is 360 g/mol. The van der Waals surface area contributed by atoms with Crippen molar-refractivity contribution in [2.45, 2.75) is 19.9 Å². The standard InChI is InChI=1S/C19H24N2O3S/c1-4-23-16-9-7-8-15(12-16)21-19(25)20-14(2)13-24-18-11-6-5-10-17(18)22-3/h5-12,14H,4,13H2,1-3H3,(H2,20,21,25)/t14-/m0/s1. The minimum Gasteiger partial charge on any atom is -0.494 e. The fourth-order valence-corrected chi connectivity index (χ4v) is 2.53. The van der Waals surface area contributed by atoms with Gasteiger partial charge in [-0.3, -0.25) is 0 Å². The van der Waals surface area contributed by atoms with Crippen LogP contribution in [0, 0.1) is 0 Å². The van der Waals surface area contributed by atoms with Gasteiger partial charge in [-0.1, -0.05) is 18.2 Å². The van der Waals surface area contributed by atoms with Crippen LogP contribution in [0.2, 0.25) is 0 Å². The van der Waals surface area contributed by atoms with E-state index in [1.165, 1.54) is 0 Å². The summed E-state index contributed by atoms with van der Waals surface area (Å²) in [5, 5.41) is 6.89. The molecule has 6 heteroatoms. The minimum atomic E-state index is 0.0278. The van der Waals surface area contributed by atoms with Crippen LogP contribution in [0.25, 0.3) is 0 Å². The van der Waals surface area contributed by atoms with Gasteiger partial charge in [0.25, 0.3) is 0 Å². The van der Waals surface area contributed by atoms with Crippen LogP contribution in [0.1, 0.15) is 13.8 Å². The molecule has 2 aromatic rings. The highest BCUT2D eigenvalue weighted by Crippen LogP contribution is 2.25. The minimum absolute atomic E-state index is 0.0278. The lowest BCUT2D eigenvalue weighted by atomic mass is 10.3. The van der Waals surface area contributed by atoms with E-state index in [1.807, 2.05) is 62.4 Å². The highest BCUT2D eigenvalue weighted by Gasteiger charge is 2.08. The Morgan fingerprint density at radius 1 is 1.08 bits per heavy atom. The molecule has 0 aromatic heterocycles. The molecule has 0 saturated carbocycles. The lowest BCUT2D eigenvalue weighted by Gasteiger charge is -2.18. The van der Waals surface area contributed by atoms with E-state index in [0.29, 0.717) is 29.8 Å².